The molecule has 3 aromatic rings. The fourth-order valence-corrected chi connectivity index (χ4v) is 3.74. The first kappa shape index (κ1) is 13.7. The Balaban J connectivity index is 1.73. The number of anilines is 1. The molecule has 3 N–H and O–H groups in total. The van der Waals surface area contributed by atoms with E-state index >= 15 is 0 Å². The van der Waals surface area contributed by atoms with Crippen molar-refractivity contribution in [2.75, 3.05) is 18.5 Å². The molecule has 7 nitrogen and oxygen atoms in total. The number of hydrogen-bond donors (Lipinski definition) is 2. The number of nitrogens with one attached hydrogen (secondary N) is 1. The summed E-state index contributed by atoms with van der Waals surface area (Å²) in [6.45, 7) is 1.30. The van der Waals surface area contributed by atoms with Crippen LogP contribution in [-0.2, 0) is 0 Å². The van der Waals surface area contributed by atoms with Crippen LogP contribution in [0.25, 0.3) is 11.0 Å². The summed E-state index contributed by atoms with van der Waals surface area (Å²) < 4.78 is 13.6. The average Bonchev–Trinajstić information content (AvgIpc) is 3.15. The van der Waals surface area contributed by atoms with Gasteiger partial charge in [0.1, 0.15) is 0 Å². The third-order valence-electron chi connectivity index (χ3n) is 4.15. The van der Waals surface area contributed by atoms with Crippen LogP contribution in [0.5, 0.6) is 11.5 Å². The fraction of sp³-hybridized carbons (Fsp3) is 0.250. The van der Waals surface area contributed by atoms with Crippen molar-refractivity contribution in [3.8, 4) is 11.5 Å². The van der Waals surface area contributed by atoms with Crippen LogP contribution in [0.4, 0.5) is 5.95 Å². The Morgan fingerprint density at radius 2 is 2.08 bits per heavy atom. The van der Waals surface area contributed by atoms with Gasteiger partial charge in [0.2, 0.25) is 5.95 Å². The number of rotatable bonds is 1. The van der Waals surface area contributed by atoms with Crippen LogP contribution in [0, 0.1) is 0 Å². The minimum Gasteiger partial charge on any atom is -0.489 e. The maximum Gasteiger partial charge on any atom is 0.212 e. The van der Waals surface area contributed by atoms with E-state index in [9.17, 15) is 0 Å². The predicted octanol–water partition coefficient (Wildman–Crippen LogP) is 2.55. The first-order valence-corrected chi connectivity index (χ1v) is 8.68. The number of imidazole rings is 1. The molecule has 4 heterocycles. The average molecular weight is 341 g/mol. The van der Waals surface area contributed by atoms with E-state index in [0.717, 1.165) is 34.5 Å². The number of fused-ring (bicyclic) bond motifs is 4. The molecule has 0 spiro atoms. The number of hydrogen-bond acceptors (Lipinski definition) is 7. The van der Waals surface area contributed by atoms with Crippen molar-refractivity contribution in [1.82, 2.24) is 9.55 Å². The van der Waals surface area contributed by atoms with Gasteiger partial charge in [-0.1, -0.05) is 0 Å². The van der Waals surface area contributed by atoms with Crippen LogP contribution in [0.3, 0.4) is 0 Å². The molecule has 0 aliphatic carbocycles. The summed E-state index contributed by atoms with van der Waals surface area (Å²) in [5, 5.41) is 7.15. The second-order valence-electron chi connectivity index (χ2n) is 5.71. The summed E-state index contributed by atoms with van der Waals surface area (Å²) in [4.78, 5) is 9.22. The van der Waals surface area contributed by atoms with Crippen molar-refractivity contribution >= 4 is 34.3 Å². The number of nitrogens with zero attached hydrogens (tertiary/aromatic N) is 3. The number of ether oxygens (including phenoxy) is 2. The second-order valence-corrected chi connectivity index (χ2v) is 6.49. The van der Waals surface area contributed by atoms with Crippen LogP contribution in [-0.4, -0.2) is 28.7 Å². The van der Waals surface area contributed by atoms with Gasteiger partial charge in [-0.05, 0) is 16.8 Å². The van der Waals surface area contributed by atoms with E-state index in [2.05, 4.69) is 26.7 Å². The zero-order valence-corrected chi connectivity index (χ0v) is 13.5. The van der Waals surface area contributed by atoms with Crippen molar-refractivity contribution in [3.63, 3.8) is 0 Å². The molecule has 24 heavy (non-hydrogen) atoms. The standard InChI is InChI=1S/C16H15N5O2S/c17-15-19-14(9-2-5-24-8-9)21-11-7-13-12(22-3-1-4-23-13)6-10(11)18-16(21)20-15/h2,5-8,14H,1,3-4H2,(H3,17,18,19,20)/t14-/m0/s1. The van der Waals surface area contributed by atoms with E-state index in [0.29, 0.717) is 25.1 Å². The Hall–Kier alpha value is -2.74. The molecular weight excluding hydrogens is 326 g/mol. The van der Waals surface area contributed by atoms with E-state index in [1.165, 1.54) is 0 Å². The molecule has 1 aromatic carbocycles. The first-order valence-electron chi connectivity index (χ1n) is 7.73. The van der Waals surface area contributed by atoms with E-state index < -0.39 is 0 Å². The maximum atomic E-state index is 5.95. The molecule has 5 rings (SSSR count). The SMILES string of the molecule is NC1=N[C@H](c2ccsc2)n2c(nc3cc4c(cc32)OCCCO4)N1. The molecular formula is C16H15N5O2S. The van der Waals surface area contributed by atoms with E-state index in [4.69, 9.17) is 15.2 Å². The Labute approximate surface area is 141 Å². The van der Waals surface area contributed by atoms with Gasteiger partial charge in [-0.2, -0.15) is 11.3 Å². The van der Waals surface area contributed by atoms with E-state index in [1.54, 1.807) is 11.3 Å². The Kier molecular flexibility index (Phi) is 2.93. The number of guanidine groups is 1. The lowest BCUT2D eigenvalue weighted by molar-refractivity contribution is 0.297. The molecule has 1 atom stereocenters. The van der Waals surface area contributed by atoms with Gasteiger partial charge in [-0.25, -0.2) is 9.98 Å². The minimum absolute atomic E-state index is 0.234. The van der Waals surface area contributed by atoms with Crippen molar-refractivity contribution < 1.29 is 9.47 Å². The van der Waals surface area contributed by atoms with E-state index in [1.807, 2.05) is 22.1 Å². The number of nitrogens with two attached hydrogens (primary N) is 1. The van der Waals surface area contributed by atoms with Gasteiger partial charge in [0.15, 0.2) is 23.6 Å². The lowest BCUT2D eigenvalue weighted by Crippen LogP contribution is -2.31. The van der Waals surface area contributed by atoms with Gasteiger partial charge >= 0.3 is 0 Å². The highest BCUT2D eigenvalue weighted by Gasteiger charge is 2.27. The Morgan fingerprint density at radius 3 is 2.88 bits per heavy atom. The summed E-state index contributed by atoms with van der Waals surface area (Å²) in [5.74, 6) is 2.52. The highest BCUT2D eigenvalue weighted by Crippen LogP contribution is 2.39. The summed E-state index contributed by atoms with van der Waals surface area (Å²) in [7, 11) is 0. The summed E-state index contributed by atoms with van der Waals surface area (Å²) in [6.07, 6.45) is 0.638. The molecule has 8 heteroatoms. The van der Waals surface area contributed by atoms with E-state index in [-0.39, 0.29) is 6.17 Å². The number of aliphatic imine (C=N–C) groups is 1. The minimum atomic E-state index is -0.234. The van der Waals surface area contributed by atoms with Gasteiger partial charge in [0.25, 0.3) is 0 Å². The number of thiophene rings is 1. The van der Waals surface area contributed by atoms with Crippen molar-refractivity contribution in [3.05, 3.63) is 34.5 Å². The summed E-state index contributed by atoms with van der Waals surface area (Å²) in [6, 6.07) is 5.95. The molecule has 0 saturated heterocycles. The highest BCUT2D eigenvalue weighted by molar-refractivity contribution is 7.08. The first-order chi connectivity index (χ1) is 11.8. The lowest BCUT2D eigenvalue weighted by atomic mass is 10.2. The van der Waals surface area contributed by atoms with Gasteiger partial charge in [-0.15, -0.1) is 0 Å². The molecule has 2 aliphatic rings. The topological polar surface area (TPSA) is 86.7 Å². The normalized spacial score (nSPS) is 19.3. The molecule has 0 bridgehead atoms. The molecule has 2 aromatic heterocycles. The largest absolute Gasteiger partial charge is 0.489 e. The highest BCUT2D eigenvalue weighted by atomic mass is 32.1. The number of benzene rings is 1. The van der Waals surface area contributed by atoms with Crippen molar-refractivity contribution in [2.45, 2.75) is 12.6 Å². The Bertz CT molecular complexity index is 947. The summed E-state index contributed by atoms with van der Waals surface area (Å²) in [5.41, 5.74) is 8.80. The molecule has 0 saturated carbocycles. The van der Waals surface area contributed by atoms with Gasteiger partial charge < -0.3 is 15.2 Å². The third-order valence-corrected chi connectivity index (χ3v) is 4.85. The van der Waals surface area contributed by atoms with Crippen LogP contribution in [0.2, 0.25) is 0 Å². The van der Waals surface area contributed by atoms with Gasteiger partial charge in [-0.3, -0.25) is 9.88 Å². The second kappa shape index (κ2) is 5.13. The van der Waals surface area contributed by atoms with Crippen molar-refractivity contribution in [2.24, 2.45) is 10.7 Å². The van der Waals surface area contributed by atoms with Gasteiger partial charge in [0, 0.05) is 24.1 Å². The fourth-order valence-electron chi connectivity index (χ4n) is 3.07. The maximum absolute atomic E-state index is 5.95. The van der Waals surface area contributed by atoms with Crippen molar-refractivity contribution in [1.29, 1.82) is 0 Å². The van der Waals surface area contributed by atoms with Crippen LogP contribution < -0.4 is 20.5 Å². The molecule has 2 aliphatic heterocycles. The molecule has 0 amide bonds. The zero-order valence-electron chi connectivity index (χ0n) is 12.7. The Morgan fingerprint density at radius 1 is 1.25 bits per heavy atom. The molecule has 0 unspecified atom stereocenters. The molecule has 0 radical (unpaired) electrons. The monoisotopic (exact) mass is 341 g/mol. The smallest absolute Gasteiger partial charge is 0.212 e. The van der Waals surface area contributed by atoms with Crippen LogP contribution in [0.1, 0.15) is 18.2 Å². The van der Waals surface area contributed by atoms with Crippen LogP contribution in [0.15, 0.2) is 34.0 Å². The molecule has 122 valence electrons. The predicted molar refractivity (Wildman–Crippen MR) is 93.0 cm³/mol. The molecule has 0 fully saturated rings. The third kappa shape index (κ3) is 2.03. The zero-order chi connectivity index (χ0) is 16.1. The van der Waals surface area contributed by atoms with Gasteiger partial charge in [0.05, 0.1) is 24.2 Å². The number of aromatic nitrogens is 2. The quantitative estimate of drug-likeness (QED) is 0.710. The summed E-state index contributed by atoms with van der Waals surface area (Å²) >= 11 is 1.63. The lowest BCUT2D eigenvalue weighted by Gasteiger charge is -2.23. The van der Waals surface area contributed by atoms with Crippen LogP contribution >= 0.6 is 11.3 Å².